The van der Waals surface area contributed by atoms with Crippen molar-refractivity contribution in [2.24, 2.45) is 0 Å². The maximum atomic E-state index is 13.0. The topological polar surface area (TPSA) is 69.0 Å². The van der Waals surface area contributed by atoms with Crippen molar-refractivity contribution in [3.8, 4) is 11.3 Å². The Bertz CT molecular complexity index is 1230. The normalized spacial score (nSPS) is 14.1. The van der Waals surface area contributed by atoms with Crippen LogP contribution in [0.2, 0.25) is 15.1 Å². The molecule has 0 radical (unpaired) electrons. The Balaban J connectivity index is 1.78. The average molecular weight is 484 g/mol. The molecule has 0 amide bonds. The lowest BCUT2D eigenvalue weighted by Crippen LogP contribution is -2.22. The van der Waals surface area contributed by atoms with Gasteiger partial charge in [-0.1, -0.05) is 34.8 Å². The fourth-order valence-electron chi connectivity index (χ4n) is 3.32. The van der Waals surface area contributed by atoms with Gasteiger partial charge in [-0.05, 0) is 54.8 Å². The second kappa shape index (κ2) is 8.35. The zero-order valence-electron chi connectivity index (χ0n) is 15.7. The van der Waals surface area contributed by atoms with E-state index in [0.717, 1.165) is 0 Å². The molecule has 0 N–H and O–H groups in total. The third-order valence-electron chi connectivity index (χ3n) is 4.97. The average Bonchev–Trinajstić information content (AvgIpc) is 3.46. The number of carbonyl (C=O) groups excluding carboxylic acids is 1. The van der Waals surface area contributed by atoms with Crippen molar-refractivity contribution in [2.45, 2.75) is 24.6 Å². The van der Waals surface area contributed by atoms with Gasteiger partial charge in [-0.2, -0.15) is 0 Å². The van der Waals surface area contributed by atoms with E-state index >= 15 is 0 Å². The molecule has 2 heterocycles. The molecule has 0 aliphatic heterocycles. The van der Waals surface area contributed by atoms with E-state index in [1.54, 1.807) is 47.2 Å². The van der Waals surface area contributed by atoms with Gasteiger partial charge in [0.15, 0.2) is 15.6 Å². The van der Waals surface area contributed by atoms with Crippen molar-refractivity contribution >= 4 is 50.4 Å². The summed E-state index contributed by atoms with van der Waals surface area (Å²) >= 11 is 18.6. The number of pyridine rings is 1. The predicted molar refractivity (Wildman–Crippen MR) is 119 cm³/mol. The van der Waals surface area contributed by atoms with Crippen molar-refractivity contribution in [3.05, 3.63) is 75.1 Å². The third kappa shape index (κ3) is 4.57. The minimum Gasteiger partial charge on any atom is -0.333 e. The van der Waals surface area contributed by atoms with E-state index in [1.165, 1.54) is 6.20 Å². The van der Waals surface area contributed by atoms with E-state index in [4.69, 9.17) is 34.8 Å². The number of rotatable bonds is 7. The zero-order chi connectivity index (χ0) is 21.5. The number of sulfone groups is 1. The molecule has 1 aliphatic rings. The maximum Gasteiger partial charge on any atom is 0.194 e. The summed E-state index contributed by atoms with van der Waals surface area (Å²) in [6.45, 7) is 0.235. The van der Waals surface area contributed by atoms with E-state index in [1.807, 2.05) is 0 Å². The molecule has 30 heavy (non-hydrogen) atoms. The Hall–Kier alpha value is -1.86. The van der Waals surface area contributed by atoms with Crippen LogP contribution in [0.4, 0.5) is 0 Å². The first kappa shape index (κ1) is 21.4. The molecule has 3 aromatic rings. The molecule has 156 valence electrons. The highest BCUT2D eigenvalue weighted by atomic mass is 35.5. The minimum absolute atomic E-state index is 0.235. The molecule has 4 rings (SSSR count). The van der Waals surface area contributed by atoms with Gasteiger partial charge in [0.25, 0.3) is 0 Å². The monoisotopic (exact) mass is 482 g/mol. The summed E-state index contributed by atoms with van der Waals surface area (Å²) in [5, 5.41) is 1.05. The molecule has 5 nitrogen and oxygen atoms in total. The summed E-state index contributed by atoms with van der Waals surface area (Å²) in [6, 6.07) is 10.2. The SMILES string of the molecule is O=C(CS(=O)(=O)C1CC1)c1ccc(-c2cncc(Cl)c2)n1Cc1cc(Cl)ccc1Cl. The van der Waals surface area contributed by atoms with Crippen molar-refractivity contribution in [1.82, 2.24) is 9.55 Å². The van der Waals surface area contributed by atoms with Crippen LogP contribution >= 0.6 is 34.8 Å². The van der Waals surface area contributed by atoms with Crippen LogP contribution in [0.5, 0.6) is 0 Å². The van der Waals surface area contributed by atoms with E-state index in [0.29, 0.717) is 44.7 Å². The van der Waals surface area contributed by atoms with Crippen LogP contribution in [0, 0.1) is 0 Å². The van der Waals surface area contributed by atoms with Crippen molar-refractivity contribution in [3.63, 3.8) is 0 Å². The van der Waals surface area contributed by atoms with Crippen LogP contribution < -0.4 is 0 Å². The number of carbonyl (C=O) groups is 1. The zero-order valence-corrected chi connectivity index (χ0v) is 18.8. The maximum absolute atomic E-state index is 13.0. The molecule has 0 saturated heterocycles. The molecule has 1 fully saturated rings. The Kier molecular flexibility index (Phi) is 5.95. The molecular formula is C21H17Cl3N2O3S. The first-order valence-electron chi connectivity index (χ1n) is 9.24. The second-order valence-electron chi connectivity index (χ2n) is 7.25. The standard InChI is InChI=1S/C21H17Cl3N2O3S/c22-15-1-4-18(24)14(8-15)11-26-19(13-7-16(23)10-25-9-13)5-6-20(26)21(27)12-30(28,29)17-2-3-17/h1,4-10,17H,2-3,11-12H2. The highest BCUT2D eigenvalue weighted by Crippen LogP contribution is 2.31. The number of halogens is 3. The number of ketones is 1. The number of hydrogen-bond donors (Lipinski definition) is 0. The minimum atomic E-state index is -3.44. The van der Waals surface area contributed by atoms with Crippen LogP contribution in [-0.4, -0.2) is 34.8 Å². The van der Waals surface area contributed by atoms with Gasteiger partial charge >= 0.3 is 0 Å². The fourth-order valence-corrected chi connectivity index (χ4v) is 5.47. The number of Topliss-reactive ketones (excluding diaryl/α,β-unsaturated/α-hetero) is 1. The van der Waals surface area contributed by atoms with Crippen LogP contribution in [0.3, 0.4) is 0 Å². The van der Waals surface area contributed by atoms with Crippen molar-refractivity contribution < 1.29 is 13.2 Å². The highest BCUT2D eigenvalue weighted by molar-refractivity contribution is 7.93. The van der Waals surface area contributed by atoms with Crippen LogP contribution in [0.15, 0.2) is 48.8 Å². The molecule has 0 unspecified atom stereocenters. The Morgan fingerprint density at radius 1 is 1.03 bits per heavy atom. The highest BCUT2D eigenvalue weighted by Gasteiger charge is 2.37. The number of nitrogens with zero attached hydrogens (tertiary/aromatic N) is 2. The molecule has 0 atom stereocenters. The summed E-state index contributed by atoms with van der Waals surface area (Å²) in [5.41, 5.74) is 2.36. The van der Waals surface area contributed by atoms with E-state index in [-0.39, 0.29) is 12.2 Å². The molecule has 2 aromatic heterocycles. The molecular weight excluding hydrogens is 467 g/mol. The fraction of sp³-hybridized carbons (Fsp3) is 0.238. The summed E-state index contributed by atoms with van der Waals surface area (Å²) in [4.78, 5) is 17.1. The molecule has 1 saturated carbocycles. The summed E-state index contributed by atoms with van der Waals surface area (Å²) in [6.07, 6.45) is 4.38. The van der Waals surface area contributed by atoms with E-state index in [9.17, 15) is 13.2 Å². The summed E-state index contributed by atoms with van der Waals surface area (Å²) in [7, 11) is -3.44. The molecule has 0 spiro atoms. The lowest BCUT2D eigenvalue weighted by atomic mass is 10.2. The largest absolute Gasteiger partial charge is 0.333 e. The summed E-state index contributed by atoms with van der Waals surface area (Å²) < 4.78 is 26.5. The lowest BCUT2D eigenvalue weighted by molar-refractivity contribution is 0.101. The van der Waals surface area contributed by atoms with E-state index < -0.39 is 26.6 Å². The van der Waals surface area contributed by atoms with Crippen molar-refractivity contribution in [1.29, 1.82) is 0 Å². The van der Waals surface area contributed by atoms with Crippen LogP contribution in [0.1, 0.15) is 28.9 Å². The second-order valence-corrected chi connectivity index (χ2v) is 10.8. The Morgan fingerprint density at radius 2 is 1.80 bits per heavy atom. The molecule has 0 bridgehead atoms. The van der Waals surface area contributed by atoms with Gasteiger partial charge in [0, 0.05) is 34.5 Å². The Morgan fingerprint density at radius 3 is 2.50 bits per heavy atom. The smallest absolute Gasteiger partial charge is 0.194 e. The van der Waals surface area contributed by atoms with Gasteiger partial charge < -0.3 is 4.57 Å². The molecule has 9 heteroatoms. The number of hydrogen-bond acceptors (Lipinski definition) is 4. The van der Waals surface area contributed by atoms with Crippen LogP contribution in [0.25, 0.3) is 11.3 Å². The molecule has 1 aromatic carbocycles. The Labute approximate surface area is 189 Å². The molecule has 1 aliphatic carbocycles. The summed E-state index contributed by atoms with van der Waals surface area (Å²) in [5.74, 6) is -0.973. The van der Waals surface area contributed by atoms with Crippen LogP contribution in [-0.2, 0) is 16.4 Å². The lowest BCUT2D eigenvalue weighted by Gasteiger charge is -2.15. The van der Waals surface area contributed by atoms with E-state index in [2.05, 4.69) is 4.98 Å². The quantitative estimate of drug-likeness (QED) is 0.427. The van der Waals surface area contributed by atoms with Gasteiger partial charge in [0.1, 0.15) is 5.75 Å². The first-order chi connectivity index (χ1) is 14.2. The third-order valence-corrected chi connectivity index (χ3v) is 7.93. The predicted octanol–water partition coefficient (Wildman–Crippen LogP) is 5.32. The van der Waals surface area contributed by atoms with Gasteiger partial charge in [-0.3, -0.25) is 9.78 Å². The first-order valence-corrected chi connectivity index (χ1v) is 12.1. The van der Waals surface area contributed by atoms with Crippen molar-refractivity contribution in [2.75, 3.05) is 5.75 Å². The van der Waals surface area contributed by atoms with Gasteiger partial charge in [0.2, 0.25) is 0 Å². The number of aromatic nitrogens is 2. The number of benzene rings is 1. The van der Waals surface area contributed by atoms with Gasteiger partial charge in [-0.15, -0.1) is 0 Å². The van der Waals surface area contributed by atoms with Gasteiger partial charge in [-0.25, -0.2) is 8.42 Å². The van der Waals surface area contributed by atoms with Gasteiger partial charge in [0.05, 0.1) is 21.7 Å².